The maximum Gasteiger partial charge on any atom is 0.308 e. The molecule has 0 saturated carbocycles. The van der Waals surface area contributed by atoms with Gasteiger partial charge in [0.1, 0.15) is 0 Å². The van der Waals surface area contributed by atoms with Crippen LogP contribution in [0.1, 0.15) is 49.4 Å². The molecule has 2 amide bonds. The maximum absolute atomic E-state index is 12.2. The standard InChI is InChI=1S/C19H25N3O6/c1-2-15-5-3-4-12-21(15)17(23)13-28-18(24)10-11-20-19(25)14-6-8-16(9-7-14)22(26)27/h6-9,15H,2-5,10-13H2,1H3,(H,20,25)/t15-/m0/s1. The van der Waals surface area contributed by atoms with E-state index in [0.29, 0.717) is 6.54 Å². The predicted octanol–water partition coefficient (Wildman–Crippen LogP) is 2.05. The molecule has 0 bridgehead atoms. The van der Waals surface area contributed by atoms with Gasteiger partial charge in [-0.05, 0) is 37.8 Å². The molecule has 0 aliphatic carbocycles. The molecule has 2 rings (SSSR count). The fraction of sp³-hybridized carbons (Fsp3) is 0.526. The summed E-state index contributed by atoms with van der Waals surface area (Å²) in [6, 6.07) is 5.36. The Hall–Kier alpha value is -2.97. The smallest absolute Gasteiger partial charge is 0.308 e. The van der Waals surface area contributed by atoms with Gasteiger partial charge >= 0.3 is 5.97 Å². The number of nitro benzene ring substituents is 1. The fourth-order valence-corrected chi connectivity index (χ4v) is 3.17. The minimum atomic E-state index is -0.567. The average Bonchev–Trinajstić information content (AvgIpc) is 2.71. The summed E-state index contributed by atoms with van der Waals surface area (Å²) in [6.07, 6.45) is 3.86. The molecule has 1 aromatic carbocycles. The van der Waals surface area contributed by atoms with Crippen LogP contribution in [0.5, 0.6) is 0 Å². The van der Waals surface area contributed by atoms with Gasteiger partial charge in [0.25, 0.3) is 17.5 Å². The van der Waals surface area contributed by atoms with Crippen LogP contribution in [0.15, 0.2) is 24.3 Å². The predicted molar refractivity (Wildman–Crippen MR) is 101 cm³/mol. The lowest BCUT2D eigenvalue weighted by Gasteiger charge is -2.35. The van der Waals surface area contributed by atoms with Crippen LogP contribution >= 0.6 is 0 Å². The zero-order chi connectivity index (χ0) is 20.5. The van der Waals surface area contributed by atoms with Crippen molar-refractivity contribution in [1.82, 2.24) is 10.2 Å². The molecule has 0 unspecified atom stereocenters. The summed E-state index contributed by atoms with van der Waals surface area (Å²) in [7, 11) is 0. The molecule has 1 aliphatic heterocycles. The van der Waals surface area contributed by atoms with E-state index < -0.39 is 16.8 Å². The summed E-state index contributed by atoms with van der Waals surface area (Å²) in [6.45, 7) is 2.49. The van der Waals surface area contributed by atoms with Crippen molar-refractivity contribution in [3.8, 4) is 0 Å². The maximum atomic E-state index is 12.2. The number of benzene rings is 1. The Morgan fingerprint density at radius 2 is 1.96 bits per heavy atom. The summed E-state index contributed by atoms with van der Waals surface area (Å²) < 4.78 is 5.02. The molecule has 9 heteroatoms. The van der Waals surface area contributed by atoms with Gasteiger partial charge in [0.05, 0.1) is 11.3 Å². The summed E-state index contributed by atoms with van der Waals surface area (Å²) >= 11 is 0. The highest BCUT2D eigenvalue weighted by Gasteiger charge is 2.25. The lowest BCUT2D eigenvalue weighted by atomic mass is 10.00. The third kappa shape index (κ3) is 6.04. The van der Waals surface area contributed by atoms with E-state index in [1.807, 2.05) is 6.92 Å². The first kappa shape index (κ1) is 21.3. The van der Waals surface area contributed by atoms with Crippen LogP contribution in [0.25, 0.3) is 0 Å². The van der Waals surface area contributed by atoms with E-state index in [4.69, 9.17) is 4.74 Å². The third-order valence-corrected chi connectivity index (χ3v) is 4.73. The normalized spacial score (nSPS) is 16.3. The molecule has 0 aromatic heterocycles. The van der Waals surface area contributed by atoms with Crippen LogP contribution in [-0.4, -0.2) is 53.3 Å². The zero-order valence-electron chi connectivity index (χ0n) is 15.9. The minimum absolute atomic E-state index is 0.0458. The number of hydrogen-bond acceptors (Lipinski definition) is 6. The first-order valence-electron chi connectivity index (χ1n) is 9.40. The summed E-state index contributed by atoms with van der Waals surface area (Å²) in [5, 5.41) is 13.1. The molecule has 0 radical (unpaired) electrons. The molecule has 1 N–H and O–H groups in total. The third-order valence-electron chi connectivity index (χ3n) is 4.73. The number of amides is 2. The zero-order valence-corrected chi connectivity index (χ0v) is 15.9. The SMILES string of the molecule is CC[C@H]1CCCCN1C(=O)COC(=O)CCNC(=O)c1ccc([N+](=O)[O-])cc1. The van der Waals surface area contributed by atoms with E-state index in [1.165, 1.54) is 24.3 Å². The van der Waals surface area contributed by atoms with E-state index in [0.717, 1.165) is 25.7 Å². The van der Waals surface area contributed by atoms with E-state index >= 15 is 0 Å². The first-order valence-corrected chi connectivity index (χ1v) is 9.40. The molecule has 1 saturated heterocycles. The Morgan fingerprint density at radius 3 is 2.61 bits per heavy atom. The van der Waals surface area contributed by atoms with Crippen LogP contribution in [0.3, 0.4) is 0 Å². The van der Waals surface area contributed by atoms with Crippen molar-refractivity contribution < 1.29 is 24.0 Å². The summed E-state index contributed by atoms with van der Waals surface area (Å²) in [4.78, 5) is 47.8. The topological polar surface area (TPSA) is 119 Å². The van der Waals surface area contributed by atoms with Gasteiger partial charge in [-0.1, -0.05) is 6.92 Å². The number of nitrogens with one attached hydrogen (secondary N) is 1. The van der Waals surface area contributed by atoms with Crippen LogP contribution < -0.4 is 5.32 Å². The summed E-state index contributed by atoms with van der Waals surface area (Å²) in [5.41, 5.74) is 0.147. The van der Waals surface area contributed by atoms with Crippen molar-refractivity contribution in [3.05, 3.63) is 39.9 Å². The van der Waals surface area contributed by atoms with Crippen LogP contribution in [0.2, 0.25) is 0 Å². The lowest BCUT2D eigenvalue weighted by molar-refractivity contribution is -0.384. The van der Waals surface area contributed by atoms with E-state index in [-0.39, 0.29) is 42.8 Å². The molecule has 28 heavy (non-hydrogen) atoms. The van der Waals surface area contributed by atoms with Gasteiger partial charge in [0.15, 0.2) is 6.61 Å². The number of hydrogen-bond donors (Lipinski definition) is 1. The summed E-state index contributed by atoms with van der Waals surface area (Å²) in [5.74, 6) is -1.20. The van der Waals surface area contributed by atoms with Gasteiger partial charge in [-0.3, -0.25) is 24.5 Å². The highest BCUT2D eigenvalue weighted by molar-refractivity contribution is 5.94. The number of non-ortho nitro benzene ring substituents is 1. The number of rotatable bonds is 8. The molecule has 1 heterocycles. The highest BCUT2D eigenvalue weighted by atomic mass is 16.6. The van der Waals surface area contributed by atoms with Gasteiger partial charge in [-0.15, -0.1) is 0 Å². The van der Waals surface area contributed by atoms with Gasteiger partial charge in [-0.25, -0.2) is 0 Å². The number of carbonyl (C=O) groups is 3. The number of carbonyl (C=O) groups excluding carboxylic acids is 3. The van der Waals surface area contributed by atoms with Crippen LogP contribution in [0, 0.1) is 10.1 Å². The molecule has 0 spiro atoms. The second-order valence-corrected chi connectivity index (χ2v) is 6.62. The van der Waals surface area contributed by atoms with Crippen LogP contribution in [0.4, 0.5) is 5.69 Å². The quantitative estimate of drug-likeness (QED) is 0.411. The number of likely N-dealkylation sites (tertiary alicyclic amines) is 1. The van der Waals surface area contributed by atoms with Gasteiger partial charge in [-0.2, -0.15) is 0 Å². The molecule has 152 valence electrons. The highest BCUT2D eigenvalue weighted by Crippen LogP contribution is 2.19. The second kappa shape index (κ2) is 10.4. The second-order valence-electron chi connectivity index (χ2n) is 6.62. The number of nitrogens with zero attached hydrogens (tertiary/aromatic N) is 2. The molecule has 9 nitrogen and oxygen atoms in total. The van der Waals surface area contributed by atoms with Gasteiger partial charge < -0.3 is 15.0 Å². The van der Waals surface area contributed by atoms with E-state index in [2.05, 4.69) is 5.32 Å². The number of piperidine rings is 1. The van der Waals surface area contributed by atoms with Gasteiger partial charge in [0, 0.05) is 36.8 Å². The number of ether oxygens (including phenoxy) is 1. The van der Waals surface area contributed by atoms with Crippen molar-refractivity contribution in [1.29, 1.82) is 0 Å². The number of esters is 1. The van der Waals surface area contributed by atoms with Crippen molar-refractivity contribution in [2.45, 2.75) is 45.1 Å². The Morgan fingerprint density at radius 1 is 1.25 bits per heavy atom. The van der Waals surface area contributed by atoms with Crippen molar-refractivity contribution in [2.75, 3.05) is 19.7 Å². The molecular formula is C19H25N3O6. The molecule has 1 aromatic rings. The molecule has 1 aliphatic rings. The minimum Gasteiger partial charge on any atom is -0.456 e. The Labute approximate surface area is 163 Å². The van der Waals surface area contributed by atoms with Crippen molar-refractivity contribution in [3.63, 3.8) is 0 Å². The molecule has 1 atom stereocenters. The van der Waals surface area contributed by atoms with Gasteiger partial charge in [0.2, 0.25) is 0 Å². The van der Waals surface area contributed by atoms with Crippen molar-refractivity contribution >= 4 is 23.5 Å². The fourth-order valence-electron chi connectivity index (χ4n) is 3.17. The average molecular weight is 391 g/mol. The van der Waals surface area contributed by atoms with Crippen molar-refractivity contribution in [2.24, 2.45) is 0 Å². The van der Waals surface area contributed by atoms with E-state index in [1.54, 1.807) is 4.90 Å². The first-order chi connectivity index (χ1) is 13.4. The Balaban J connectivity index is 1.70. The largest absolute Gasteiger partial charge is 0.456 e. The molecular weight excluding hydrogens is 366 g/mol. The van der Waals surface area contributed by atoms with E-state index in [9.17, 15) is 24.5 Å². The monoisotopic (exact) mass is 391 g/mol. The lowest BCUT2D eigenvalue weighted by Crippen LogP contribution is -2.45. The van der Waals surface area contributed by atoms with Crippen LogP contribution in [-0.2, 0) is 14.3 Å². The molecule has 1 fully saturated rings. The number of nitro groups is 1. The Kier molecular flexibility index (Phi) is 7.91. The Bertz CT molecular complexity index is 719.